The number of fused-ring (bicyclic) bond motifs is 6. The number of benzene rings is 2. The van der Waals surface area contributed by atoms with E-state index in [1.54, 1.807) is 46.3 Å². The van der Waals surface area contributed by atoms with Crippen LogP contribution in [0.3, 0.4) is 0 Å². The zero-order valence-corrected chi connectivity index (χ0v) is 23.2. The molecule has 5 heterocycles. The number of hydrogen-bond donors (Lipinski definition) is 1. The third-order valence-electron chi connectivity index (χ3n) is 8.12. The van der Waals surface area contributed by atoms with E-state index in [9.17, 15) is 14.4 Å². The molecule has 0 radical (unpaired) electrons. The quantitative estimate of drug-likeness (QED) is 0.378. The third kappa shape index (κ3) is 5.20. The SMILES string of the molecule is O=C1NCCCN(C(=O)c2onc3ncccc23)CCOc2cccc(c2)[C@H]2CN(C(=O)c3ccc4c(c3)OCO4)C[C@H]12. The van der Waals surface area contributed by atoms with Crippen LogP contribution in [0, 0.1) is 5.92 Å². The van der Waals surface area contributed by atoms with Crippen molar-refractivity contribution in [1.82, 2.24) is 25.3 Å². The number of ether oxygens (including phenoxy) is 3. The van der Waals surface area contributed by atoms with Crippen LogP contribution >= 0.6 is 0 Å². The fourth-order valence-corrected chi connectivity index (χ4v) is 5.90. The van der Waals surface area contributed by atoms with Gasteiger partial charge in [0.15, 0.2) is 11.5 Å². The van der Waals surface area contributed by atoms with Gasteiger partial charge in [-0.05, 0) is 54.4 Å². The Kier molecular flexibility index (Phi) is 7.01. The van der Waals surface area contributed by atoms with Gasteiger partial charge in [0, 0.05) is 43.9 Å². The largest absolute Gasteiger partial charge is 0.492 e. The van der Waals surface area contributed by atoms with Crippen LogP contribution < -0.4 is 19.5 Å². The monoisotopic (exact) mass is 583 g/mol. The van der Waals surface area contributed by atoms with Crippen LogP contribution in [0.15, 0.2) is 65.3 Å². The molecule has 2 bridgehead atoms. The van der Waals surface area contributed by atoms with Crippen molar-refractivity contribution in [1.29, 1.82) is 0 Å². The maximum Gasteiger partial charge on any atom is 0.293 e. The predicted molar refractivity (Wildman–Crippen MR) is 152 cm³/mol. The molecule has 12 nitrogen and oxygen atoms in total. The van der Waals surface area contributed by atoms with E-state index >= 15 is 0 Å². The molecule has 0 saturated carbocycles. The predicted octanol–water partition coefficient (Wildman–Crippen LogP) is 2.85. The van der Waals surface area contributed by atoms with Gasteiger partial charge in [0.25, 0.3) is 11.8 Å². The first-order chi connectivity index (χ1) is 21.0. The molecule has 4 aromatic rings. The summed E-state index contributed by atoms with van der Waals surface area (Å²) in [5, 5.41) is 7.50. The molecule has 0 aliphatic carbocycles. The molecule has 43 heavy (non-hydrogen) atoms. The summed E-state index contributed by atoms with van der Waals surface area (Å²) in [5.74, 6) is 0.582. The van der Waals surface area contributed by atoms with Gasteiger partial charge in [-0.3, -0.25) is 14.4 Å². The summed E-state index contributed by atoms with van der Waals surface area (Å²) in [6.45, 7) is 2.08. The molecule has 0 spiro atoms. The first-order valence-electron chi connectivity index (χ1n) is 14.2. The lowest BCUT2D eigenvalue weighted by Crippen LogP contribution is -2.39. The number of rotatable bonds is 2. The highest BCUT2D eigenvalue weighted by Crippen LogP contribution is 2.37. The van der Waals surface area contributed by atoms with Gasteiger partial charge in [0.1, 0.15) is 12.4 Å². The highest BCUT2D eigenvalue weighted by atomic mass is 16.7. The summed E-state index contributed by atoms with van der Waals surface area (Å²) in [7, 11) is 0. The number of amides is 3. The normalized spacial score (nSPS) is 20.2. The van der Waals surface area contributed by atoms with Gasteiger partial charge in [-0.15, -0.1) is 0 Å². The van der Waals surface area contributed by atoms with Crippen molar-refractivity contribution >= 4 is 28.8 Å². The fourth-order valence-electron chi connectivity index (χ4n) is 5.90. The zero-order valence-electron chi connectivity index (χ0n) is 23.2. The van der Waals surface area contributed by atoms with Gasteiger partial charge in [0.2, 0.25) is 24.1 Å². The van der Waals surface area contributed by atoms with E-state index in [1.807, 2.05) is 24.3 Å². The Morgan fingerprint density at radius 3 is 2.70 bits per heavy atom. The molecule has 2 aromatic heterocycles. The van der Waals surface area contributed by atoms with Crippen molar-refractivity contribution in [3.8, 4) is 17.2 Å². The van der Waals surface area contributed by atoms with E-state index in [2.05, 4.69) is 15.5 Å². The van der Waals surface area contributed by atoms with E-state index in [0.29, 0.717) is 66.4 Å². The van der Waals surface area contributed by atoms with Crippen LogP contribution in [-0.2, 0) is 4.79 Å². The molecule has 0 unspecified atom stereocenters. The van der Waals surface area contributed by atoms with Gasteiger partial charge < -0.3 is 33.9 Å². The van der Waals surface area contributed by atoms with E-state index < -0.39 is 5.92 Å². The van der Waals surface area contributed by atoms with Crippen molar-refractivity contribution in [2.45, 2.75) is 12.3 Å². The van der Waals surface area contributed by atoms with Crippen molar-refractivity contribution in [3.05, 3.63) is 77.7 Å². The van der Waals surface area contributed by atoms with Gasteiger partial charge in [-0.25, -0.2) is 4.98 Å². The smallest absolute Gasteiger partial charge is 0.293 e. The Hall–Kier alpha value is -5.13. The standard InChI is InChI=1S/C31H29N5O7/c37-29-24-17-36(30(38)20-7-8-25-26(15-20)42-18-41-25)16-23(24)19-4-1-5-21(14-19)40-13-12-35(11-3-10-33-29)31(39)27-22-6-2-9-32-28(22)34-43-27/h1-2,4-9,14-15,23-24H,3,10-13,16-18H2,(H,33,37)/t23-,24+/m1/s1. The number of likely N-dealkylation sites (tertiary alicyclic amines) is 1. The average molecular weight is 584 g/mol. The summed E-state index contributed by atoms with van der Waals surface area (Å²) in [4.78, 5) is 48.0. The summed E-state index contributed by atoms with van der Waals surface area (Å²) < 4.78 is 22.3. The Labute approximate surface area is 246 Å². The Bertz CT molecular complexity index is 1700. The lowest BCUT2D eigenvalue weighted by molar-refractivity contribution is -0.124. The minimum absolute atomic E-state index is 0.122. The summed E-state index contributed by atoms with van der Waals surface area (Å²) in [6, 6.07) is 16.2. The van der Waals surface area contributed by atoms with Crippen LogP contribution in [-0.4, -0.2) is 83.8 Å². The molecule has 1 saturated heterocycles. The first kappa shape index (κ1) is 26.7. The number of nitrogens with zero attached hydrogens (tertiary/aromatic N) is 4. The van der Waals surface area contributed by atoms with Gasteiger partial charge in [-0.2, -0.15) is 0 Å². The first-order valence-corrected chi connectivity index (χ1v) is 14.2. The average Bonchev–Trinajstić information content (AvgIpc) is 3.79. The fraction of sp³-hybridized carbons (Fsp3) is 0.323. The van der Waals surface area contributed by atoms with E-state index in [-0.39, 0.29) is 49.3 Å². The number of hydrogen-bond acceptors (Lipinski definition) is 9. The van der Waals surface area contributed by atoms with E-state index in [1.165, 1.54) is 0 Å². The number of pyridine rings is 1. The van der Waals surface area contributed by atoms with Crippen molar-refractivity contribution < 1.29 is 33.1 Å². The van der Waals surface area contributed by atoms with Crippen molar-refractivity contribution in [2.75, 3.05) is 46.1 Å². The Balaban J connectivity index is 1.10. The summed E-state index contributed by atoms with van der Waals surface area (Å²) >= 11 is 0. The van der Waals surface area contributed by atoms with E-state index in [0.717, 1.165) is 5.56 Å². The van der Waals surface area contributed by atoms with Crippen LogP contribution in [0.25, 0.3) is 11.0 Å². The molecule has 3 amide bonds. The second-order valence-electron chi connectivity index (χ2n) is 10.7. The molecule has 1 N–H and O–H groups in total. The molecular weight excluding hydrogens is 554 g/mol. The maximum absolute atomic E-state index is 13.5. The van der Waals surface area contributed by atoms with Gasteiger partial charge in [0.05, 0.1) is 17.8 Å². The number of aromatic nitrogens is 2. The Morgan fingerprint density at radius 1 is 0.884 bits per heavy atom. The van der Waals surface area contributed by atoms with Gasteiger partial charge >= 0.3 is 0 Å². The molecule has 1 fully saturated rings. The lowest BCUT2D eigenvalue weighted by atomic mass is 9.88. The summed E-state index contributed by atoms with van der Waals surface area (Å²) in [5.41, 5.74) is 1.75. The second kappa shape index (κ2) is 11.3. The number of nitrogens with one attached hydrogen (secondary N) is 1. The van der Waals surface area contributed by atoms with Crippen LogP contribution in [0.2, 0.25) is 0 Å². The number of carbonyl (C=O) groups excluding carboxylic acids is 3. The molecule has 7 rings (SSSR count). The second-order valence-corrected chi connectivity index (χ2v) is 10.7. The summed E-state index contributed by atoms with van der Waals surface area (Å²) in [6.07, 6.45) is 2.11. The van der Waals surface area contributed by atoms with Crippen LogP contribution in [0.4, 0.5) is 0 Å². The maximum atomic E-state index is 13.5. The lowest BCUT2D eigenvalue weighted by Gasteiger charge is -2.24. The Morgan fingerprint density at radius 2 is 1.77 bits per heavy atom. The van der Waals surface area contributed by atoms with Crippen molar-refractivity contribution in [2.24, 2.45) is 5.92 Å². The minimum Gasteiger partial charge on any atom is -0.492 e. The molecular formula is C31H29N5O7. The van der Waals surface area contributed by atoms with E-state index in [4.69, 9.17) is 18.7 Å². The van der Waals surface area contributed by atoms with Gasteiger partial charge in [-0.1, -0.05) is 17.3 Å². The highest BCUT2D eigenvalue weighted by molar-refractivity contribution is 6.02. The number of carbonyl (C=O) groups is 3. The highest BCUT2D eigenvalue weighted by Gasteiger charge is 2.41. The zero-order chi connectivity index (χ0) is 29.3. The van der Waals surface area contributed by atoms with Crippen LogP contribution in [0.5, 0.6) is 17.2 Å². The molecule has 3 aliphatic heterocycles. The molecule has 3 aliphatic rings. The molecule has 2 atom stereocenters. The molecule has 220 valence electrons. The minimum atomic E-state index is -0.457. The molecule has 2 aromatic carbocycles. The molecule has 12 heteroatoms. The van der Waals surface area contributed by atoms with Crippen LogP contribution in [0.1, 0.15) is 38.8 Å². The third-order valence-corrected chi connectivity index (χ3v) is 8.12. The topological polar surface area (TPSA) is 136 Å². The van der Waals surface area contributed by atoms with Crippen molar-refractivity contribution in [3.63, 3.8) is 0 Å².